The molecule has 8 heteroatoms. The van der Waals surface area contributed by atoms with Crippen molar-refractivity contribution in [2.45, 2.75) is 19.1 Å². The first-order chi connectivity index (χ1) is 12.4. The number of carbonyl (C=O) groups is 2. The molecule has 1 atom stereocenters. The topological polar surface area (TPSA) is 62.3 Å². The van der Waals surface area contributed by atoms with Gasteiger partial charge in [0, 0.05) is 18.4 Å². The Kier molecular flexibility index (Phi) is 4.92. The number of hydrogen-bond donors (Lipinski definition) is 1. The molecular weight excluding hydrogens is 347 g/mol. The van der Waals surface area contributed by atoms with Crippen molar-refractivity contribution in [1.82, 2.24) is 10.3 Å². The fourth-order valence-corrected chi connectivity index (χ4v) is 2.83. The highest BCUT2D eigenvalue weighted by atomic mass is 19.4. The van der Waals surface area contributed by atoms with Gasteiger partial charge in [-0.1, -0.05) is 12.1 Å². The molecule has 1 aliphatic rings. The summed E-state index contributed by atoms with van der Waals surface area (Å²) in [6.07, 6.45) is -2.64. The van der Waals surface area contributed by atoms with Crippen molar-refractivity contribution in [2.24, 2.45) is 5.92 Å². The van der Waals surface area contributed by atoms with Crippen LogP contribution in [0.3, 0.4) is 0 Å². The zero-order chi connectivity index (χ0) is 18.7. The molecule has 2 amide bonds. The molecule has 1 N–H and O–H groups in total. The molecular formula is C18H16F3N3O2. The van der Waals surface area contributed by atoms with Gasteiger partial charge in [-0.25, -0.2) is 0 Å². The molecule has 136 valence electrons. The number of halogens is 3. The lowest BCUT2D eigenvalue weighted by Gasteiger charge is -2.18. The zero-order valence-electron chi connectivity index (χ0n) is 13.7. The highest BCUT2D eigenvalue weighted by Gasteiger charge is 2.38. The van der Waals surface area contributed by atoms with Crippen LogP contribution in [0.5, 0.6) is 0 Å². The summed E-state index contributed by atoms with van der Waals surface area (Å²) < 4.78 is 38.5. The zero-order valence-corrected chi connectivity index (χ0v) is 13.7. The number of anilines is 1. The quantitative estimate of drug-likeness (QED) is 0.850. The third-order valence-electron chi connectivity index (χ3n) is 4.18. The van der Waals surface area contributed by atoms with Gasteiger partial charge >= 0.3 is 6.18 Å². The Balaban J connectivity index is 1.67. The minimum atomic E-state index is -4.49. The van der Waals surface area contributed by atoms with E-state index in [4.69, 9.17) is 0 Å². The number of aromatic nitrogens is 1. The van der Waals surface area contributed by atoms with Crippen LogP contribution in [0.15, 0.2) is 48.7 Å². The highest BCUT2D eigenvalue weighted by molar-refractivity contribution is 6.09. The van der Waals surface area contributed by atoms with Crippen molar-refractivity contribution < 1.29 is 22.8 Å². The number of nitrogens with one attached hydrogen (secondary N) is 1. The molecule has 0 saturated carbocycles. The lowest BCUT2D eigenvalue weighted by Crippen LogP contribution is -2.36. The van der Waals surface area contributed by atoms with Crippen LogP contribution < -0.4 is 10.2 Å². The maximum Gasteiger partial charge on any atom is 0.416 e. The normalized spacial score (nSPS) is 17.4. The lowest BCUT2D eigenvalue weighted by atomic mass is 10.1. The van der Waals surface area contributed by atoms with Crippen molar-refractivity contribution in [3.05, 3.63) is 59.9 Å². The van der Waals surface area contributed by atoms with Crippen LogP contribution in [-0.2, 0) is 22.3 Å². The van der Waals surface area contributed by atoms with Crippen LogP contribution >= 0.6 is 0 Å². The summed E-state index contributed by atoms with van der Waals surface area (Å²) in [5.74, 6) is -1.86. The molecule has 0 aliphatic carbocycles. The Hall–Kier alpha value is -2.90. The molecule has 0 bridgehead atoms. The molecule has 2 heterocycles. The van der Waals surface area contributed by atoms with Crippen molar-refractivity contribution in [3.63, 3.8) is 0 Å². The van der Waals surface area contributed by atoms with Gasteiger partial charge in [-0.3, -0.25) is 14.6 Å². The minimum absolute atomic E-state index is 0.143. The number of pyridine rings is 1. The summed E-state index contributed by atoms with van der Waals surface area (Å²) >= 11 is 0. The fourth-order valence-electron chi connectivity index (χ4n) is 2.83. The first kappa shape index (κ1) is 17.9. The second kappa shape index (κ2) is 7.15. The van der Waals surface area contributed by atoms with Crippen molar-refractivity contribution >= 4 is 17.5 Å². The van der Waals surface area contributed by atoms with Crippen molar-refractivity contribution in [2.75, 3.05) is 11.4 Å². The molecule has 1 saturated heterocycles. The van der Waals surface area contributed by atoms with E-state index in [0.717, 1.165) is 12.1 Å². The molecule has 5 nitrogen and oxygen atoms in total. The predicted octanol–water partition coefficient (Wildman–Crippen LogP) is 2.77. The number of hydrogen-bond acceptors (Lipinski definition) is 3. The number of rotatable bonds is 4. The van der Waals surface area contributed by atoms with Crippen LogP contribution in [0, 0.1) is 5.92 Å². The first-order valence-electron chi connectivity index (χ1n) is 8.02. The Morgan fingerprint density at radius 3 is 2.73 bits per heavy atom. The van der Waals surface area contributed by atoms with E-state index < -0.39 is 29.5 Å². The molecule has 0 spiro atoms. The summed E-state index contributed by atoms with van der Waals surface area (Å²) in [6.45, 7) is 0.384. The van der Waals surface area contributed by atoms with Gasteiger partial charge in [-0.05, 0) is 36.8 Å². The van der Waals surface area contributed by atoms with Gasteiger partial charge in [0.25, 0.3) is 0 Å². The van der Waals surface area contributed by atoms with Gasteiger partial charge in [0.1, 0.15) is 5.92 Å². The van der Waals surface area contributed by atoms with E-state index in [-0.39, 0.29) is 25.2 Å². The summed E-state index contributed by atoms with van der Waals surface area (Å²) in [7, 11) is 0. The third-order valence-corrected chi connectivity index (χ3v) is 4.18. The fraction of sp³-hybridized carbons (Fsp3) is 0.278. The van der Waals surface area contributed by atoms with Gasteiger partial charge in [-0.2, -0.15) is 13.2 Å². The van der Waals surface area contributed by atoms with Crippen LogP contribution in [0.2, 0.25) is 0 Å². The van der Waals surface area contributed by atoms with E-state index in [9.17, 15) is 22.8 Å². The summed E-state index contributed by atoms with van der Waals surface area (Å²) in [5, 5.41) is 2.65. The minimum Gasteiger partial charge on any atom is -0.350 e. The summed E-state index contributed by atoms with van der Waals surface area (Å²) in [5.41, 5.74) is -0.0308. The van der Waals surface area contributed by atoms with E-state index in [1.807, 2.05) is 0 Å². The number of nitrogens with zero attached hydrogens (tertiary/aromatic N) is 2. The van der Waals surface area contributed by atoms with Crippen LogP contribution in [0.25, 0.3) is 0 Å². The maximum absolute atomic E-state index is 12.8. The second-order valence-corrected chi connectivity index (χ2v) is 5.92. The van der Waals surface area contributed by atoms with E-state index >= 15 is 0 Å². The summed E-state index contributed by atoms with van der Waals surface area (Å²) in [6, 6.07) is 9.82. The van der Waals surface area contributed by atoms with Crippen LogP contribution in [-0.4, -0.2) is 23.3 Å². The molecule has 1 unspecified atom stereocenters. The van der Waals surface area contributed by atoms with Crippen molar-refractivity contribution in [3.8, 4) is 0 Å². The Morgan fingerprint density at radius 2 is 2.04 bits per heavy atom. The lowest BCUT2D eigenvalue weighted by molar-refractivity contribution is -0.138. The number of alkyl halides is 3. The van der Waals surface area contributed by atoms with Gasteiger partial charge in [-0.15, -0.1) is 0 Å². The van der Waals surface area contributed by atoms with Gasteiger partial charge in [0.2, 0.25) is 11.8 Å². The number of benzene rings is 1. The van der Waals surface area contributed by atoms with Crippen LogP contribution in [0.1, 0.15) is 17.7 Å². The first-order valence-corrected chi connectivity index (χ1v) is 8.02. The Labute approximate surface area is 147 Å². The van der Waals surface area contributed by atoms with E-state index in [1.54, 1.807) is 24.4 Å². The van der Waals surface area contributed by atoms with Crippen LogP contribution in [0.4, 0.5) is 18.9 Å². The Bertz CT molecular complexity index is 809. The molecule has 1 aliphatic heterocycles. The molecule has 3 rings (SSSR count). The largest absolute Gasteiger partial charge is 0.416 e. The SMILES string of the molecule is O=C(NCc1ccccn1)C1CCN(c2cccc(C(F)(F)F)c2)C1=O. The predicted molar refractivity (Wildman–Crippen MR) is 88.0 cm³/mol. The average Bonchev–Trinajstić information content (AvgIpc) is 3.01. The van der Waals surface area contributed by atoms with E-state index in [1.165, 1.54) is 17.0 Å². The molecule has 0 radical (unpaired) electrons. The third kappa shape index (κ3) is 3.84. The van der Waals surface area contributed by atoms with Gasteiger partial charge in [0.05, 0.1) is 17.8 Å². The maximum atomic E-state index is 12.8. The van der Waals surface area contributed by atoms with Gasteiger partial charge < -0.3 is 10.2 Å². The number of carbonyl (C=O) groups excluding carboxylic acids is 2. The smallest absolute Gasteiger partial charge is 0.350 e. The molecule has 26 heavy (non-hydrogen) atoms. The van der Waals surface area contributed by atoms with E-state index in [0.29, 0.717) is 5.69 Å². The second-order valence-electron chi connectivity index (χ2n) is 5.92. The molecule has 1 aromatic heterocycles. The molecule has 1 aromatic carbocycles. The standard InChI is InChI=1S/C18H16F3N3O2/c19-18(20,21)12-4-3-6-14(10-12)24-9-7-15(17(24)26)16(25)23-11-13-5-1-2-8-22-13/h1-6,8,10,15H,7,9,11H2,(H,23,25). The Morgan fingerprint density at radius 1 is 1.23 bits per heavy atom. The number of amides is 2. The van der Waals surface area contributed by atoms with Crippen molar-refractivity contribution in [1.29, 1.82) is 0 Å². The van der Waals surface area contributed by atoms with E-state index in [2.05, 4.69) is 10.3 Å². The molecule has 1 fully saturated rings. The van der Waals surface area contributed by atoms with Gasteiger partial charge in [0.15, 0.2) is 0 Å². The molecule has 2 aromatic rings. The highest BCUT2D eigenvalue weighted by Crippen LogP contribution is 2.33. The summed E-state index contributed by atoms with van der Waals surface area (Å²) in [4.78, 5) is 30.1. The average molecular weight is 363 g/mol. The monoisotopic (exact) mass is 363 g/mol.